The van der Waals surface area contributed by atoms with E-state index in [0.29, 0.717) is 0 Å². The Morgan fingerprint density at radius 1 is 1.08 bits per heavy atom. The fourth-order valence-corrected chi connectivity index (χ4v) is 2.09. The van der Waals surface area contributed by atoms with Crippen LogP contribution in [0.3, 0.4) is 0 Å². The molecule has 0 aliphatic rings. The highest BCUT2D eigenvalue weighted by molar-refractivity contribution is 6.05. The number of carbonyl (C=O) groups is 2. The third kappa shape index (κ3) is 5.23. The molecule has 0 fully saturated rings. The molecule has 0 spiro atoms. The Bertz CT molecular complexity index is 576. The van der Waals surface area contributed by atoms with Crippen molar-refractivity contribution in [1.29, 1.82) is 0 Å². The smallest absolute Gasteiger partial charge is 0.338 e. The van der Waals surface area contributed by atoms with Gasteiger partial charge in [-0.2, -0.15) is 0 Å². The van der Waals surface area contributed by atoms with Gasteiger partial charge in [-0.25, -0.2) is 9.59 Å². The van der Waals surface area contributed by atoms with Gasteiger partial charge in [0.2, 0.25) is 5.54 Å². The molecular weight excluding hydrogens is 308 g/mol. The highest BCUT2D eigenvalue weighted by Gasteiger charge is 2.46. The summed E-state index contributed by atoms with van der Waals surface area (Å²) in [5, 5.41) is 0. The SMILES string of the molecule is CCOC(=O)[C@](N)(Cc1ccc(N(C)C)cc1)C(=O)OC(C)(C)C. The molecule has 1 aromatic carbocycles. The normalized spacial score (nSPS) is 13.8. The summed E-state index contributed by atoms with van der Waals surface area (Å²) < 4.78 is 10.3. The molecule has 0 saturated heterocycles. The molecule has 0 saturated carbocycles. The van der Waals surface area contributed by atoms with E-state index < -0.39 is 23.1 Å². The second-order valence-electron chi connectivity index (χ2n) is 6.93. The lowest BCUT2D eigenvalue weighted by molar-refractivity contribution is -0.171. The summed E-state index contributed by atoms with van der Waals surface area (Å²) in [6.07, 6.45) is 0.00839. The van der Waals surface area contributed by atoms with Gasteiger partial charge in [0.15, 0.2) is 0 Å². The predicted octanol–water partition coefficient (Wildman–Crippen LogP) is 1.90. The monoisotopic (exact) mass is 336 g/mol. The number of ether oxygens (including phenoxy) is 2. The largest absolute Gasteiger partial charge is 0.464 e. The maximum absolute atomic E-state index is 12.5. The molecule has 1 rings (SSSR count). The molecule has 0 bridgehead atoms. The van der Waals surface area contributed by atoms with Crippen LogP contribution in [0.1, 0.15) is 33.3 Å². The number of carbonyl (C=O) groups excluding carboxylic acids is 2. The van der Waals surface area contributed by atoms with E-state index in [2.05, 4.69) is 0 Å². The summed E-state index contributed by atoms with van der Waals surface area (Å²) in [6.45, 7) is 6.98. The van der Waals surface area contributed by atoms with Crippen LogP contribution in [-0.2, 0) is 25.5 Å². The lowest BCUT2D eigenvalue weighted by Gasteiger charge is -2.29. The maximum atomic E-state index is 12.5. The Balaban J connectivity index is 3.09. The Hall–Kier alpha value is -2.08. The van der Waals surface area contributed by atoms with E-state index in [1.165, 1.54) is 0 Å². The molecule has 6 nitrogen and oxygen atoms in total. The van der Waals surface area contributed by atoms with Crippen LogP contribution in [0.2, 0.25) is 0 Å². The van der Waals surface area contributed by atoms with Gasteiger partial charge in [0.1, 0.15) is 5.60 Å². The van der Waals surface area contributed by atoms with Crippen LogP contribution in [0.5, 0.6) is 0 Å². The minimum Gasteiger partial charge on any atom is -0.464 e. The van der Waals surface area contributed by atoms with Gasteiger partial charge in [-0.1, -0.05) is 12.1 Å². The first-order chi connectivity index (χ1) is 11.0. The first-order valence-electron chi connectivity index (χ1n) is 7.95. The molecule has 134 valence electrons. The van der Waals surface area contributed by atoms with Crippen molar-refractivity contribution >= 4 is 17.6 Å². The quantitative estimate of drug-likeness (QED) is 0.631. The molecule has 1 atom stereocenters. The van der Waals surface area contributed by atoms with Crippen molar-refractivity contribution in [2.45, 2.75) is 45.3 Å². The van der Waals surface area contributed by atoms with Gasteiger partial charge < -0.3 is 20.1 Å². The van der Waals surface area contributed by atoms with Crippen LogP contribution in [0.25, 0.3) is 0 Å². The highest BCUT2D eigenvalue weighted by atomic mass is 16.6. The zero-order valence-corrected chi connectivity index (χ0v) is 15.4. The fourth-order valence-electron chi connectivity index (χ4n) is 2.09. The summed E-state index contributed by atoms with van der Waals surface area (Å²) in [5.41, 5.74) is 5.29. The Morgan fingerprint density at radius 3 is 2.04 bits per heavy atom. The molecule has 0 heterocycles. The lowest BCUT2D eigenvalue weighted by atomic mass is 9.91. The number of esters is 2. The number of anilines is 1. The number of benzene rings is 1. The molecule has 24 heavy (non-hydrogen) atoms. The first kappa shape index (κ1) is 20.0. The molecule has 2 N–H and O–H groups in total. The maximum Gasteiger partial charge on any atom is 0.338 e. The standard InChI is InChI=1S/C18H28N2O4/c1-7-23-15(21)18(19,16(22)24-17(2,3)4)12-13-8-10-14(11-9-13)20(5)6/h8-11H,7,12,19H2,1-6H3/t18-/m1/s1. The second kappa shape index (κ2) is 7.66. The molecule has 0 aromatic heterocycles. The molecule has 0 amide bonds. The molecule has 0 radical (unpaired) electrons. The van der Waals surface area contributed by atoms with E-state index in [-0.39, 0.29) is 13.0 Å². The van der Waals surface area contributed by atoms with E-state index in [4.69, 9.17) is 15.2 Å². The average molecular weight is 336 g/mol. The number of hydrogen-bond donors (Lipinski definition) is 1. The number of rotatable bonds is 6. The molecule has 6 heteroatoms. The van der Waals surface area contributed by atoms with Gasteiger partial charge in [-0.15, -0.1) is 0 Å². The molecule has 0 aliphatic heterocycles. The summed E-state index contributed by atoms with van der Waals surface area (Å²) in [5.74, 6) is -1.57. The minimum absolute atomic E-state index is 0.00839. The van der Waals surface area contributed by atoms with Crippen molar-refractivity contribution in [3.05, 3.63) is 29.8 Å². The lowest BCUT2D eigenvalue weighted by Crippen LogP contribution is -2.59. The first-order valence-corrected chi connectivity index (χ1v) is 7.95. The predicted molar refractivity (Wildman–Crippen MR) is 93.9 cm³/mol. The van der Waals surface area contributed by atoms with Gasteiger partial charge in [0.25, 0.3) is 0 Å². The van der Waals surface area contributed by atoms with Crippen molar-refractivity contribution in [2.75, 3.05) is 25.6 Å². The summed E-state index contributed by atoms with van der Waals surface area (Å²) in [6, 6.07) is 7.47. The number of nitrogens with two attached hydrogens (primary N) is 1. The van der Waals surface area contributed by atoms with Crippen LogP contribution < -0.4 is 10.6 Å². The average Bonchev–Trinajstić information content (AvgIpc) is 2.46. The van der Waals surface area contributed by atoms with Crippen molar-refractivity contribution in [3.63, 3.8) is 0 Å². The zero-order valence-electron chi connectivity index (χ0n) is 15.4. The molecule has 1 aromatic rings. The van der Waals surface area contributed by atoms with Gasteiger partial charge in [-0.3, -0.25) is 0 Å². The number of nitrogens with zero attached hydrogens (tertiary/aromatic N) is 1. The van der Waals surface area contributed by atoms with E-state index in [9.17, 15) is 9.59 Å². The van der Waals surface area contributed by atoms with Crippen molar-refractivity contribution in [1.82, 2.24) is 0 Å². The van der Waals surface area contributed by atoms with Crippen LogP contribution in [0.4, 0.5) is 5.69 Å². The molecule has 0 aliphatic carbocycles. The van der Waals surface area contributed by atoms with Crippen LogP contribution in [0, 0.1) is 0 Å². The summed E-state index contributed by atoms with van der Waals surface area (Å²) in [4.78, 5) is 26.8. The van der Waals surface area contributed by atoms with Gasteiger partial charge in [0.05, 0.1) is 6.61 Å². The van der Waals surface area contributed by atoms with Crippen LogP contribution in [-0.4, -0.2) is 43.8 Å². The second-order valence-corrected chi connectivity index (χ2v) is 6.93. The van der Waals surface area contributed by atoms with Crippen LogP contribution >= 0.6 is 0 Å². The van der Waals surface area contributed by atoms with Crippen LogP contribution in [0.15, 0.2) is 24.3 Å². The van der Waals surface area contributed by atoms with Crippen molar-refractivity contribution in [2.24, 2.45) is 5.73 Å². The highest BCUT2D eigenvalue weighted by Crippen LogP contribution is 2.21. The molecule has 0 unspecified atom stereocenters. The van der Waals surface area contributed by atoms with E-state index >= 15 is 0 Å². The minimum atomic E-state index is -1.87. The molecular formula is C18H28N2O4. The zero-order chi connectivity index (χ0) is 18.5. The topological polar surface area (TPSA) is 81.9 Å². The van der Waals surface area contributed by atoms with Crippen molar-refractivity contribution < 1.29 is 19.1 Å². The van der Waals surface area contributed by atoms with E-state index in [1.54, 1.807) is 27.7 Å². The number of hydrogen-bond acceptors (Lipinski definition) is 6. The van der Waals surface area contributed by atoms with E-state index in [0.717, 1.165) is 11.3 Å². The summed E-state index contributed by atoms with van der Waals surface area (Å²) in [7, 11) is 3.86. The third-order valence-corrected chi connectivity index (χ3v) is 3.34. The van der Waals surface area contributed by atoms with Crippen molar-refractivity contribution in [3.8, 4) is 0 Å². The fraction of sp³-hybridized carbons (Fsp3) is 0.556. The Kier molecular flexibility index (Phi) is 6.37. The van der Waals surface area contributed by atoms with Gasteiger partial charge in [0, 0.05) is 26.2 Å². The third-order valence-electron chi connectivity index (χ3n) is 3.34. The Morgan fingerprint density at radius 2 is 1.62 bits per heavy atom. The van der Waals surface area contributed by atoms with E-state index in [1.807, 2.05) is 43.3 Å². The summed E-state index contributed by atoms with van der Waals surface area (Å²) >= 11 is 0. The van der Waals surface area contributed by atoms with Gasteiger partial charge in [-0.05, 0) is 45.4 Å². The Labute approximate surface area is 143 Å². The van der Waals surface area contributed by atoms with Gasteiger partial charge >= 0.3 is 11.9 Å².